The second-order valence-corrected chi connectivity index (χ2v) is 4.24. The summed E-state index contributed by atoms with van der Waals surface area (Å²) in [6.07, 6.45) is 0.595. The molecule has 1 amide bonds. The lowest BCUT2D eigenvalue weighted by Gasteiger charge is -2.24. The first-order valence-corrected chi connectivity index (χ1v) is 4.84. The quantitative estimate of drug-likeness (QED) is 0.801. The van der Waals surface area contributed by atoms with Gasteiger partial charge in [0, 0.05) is 6.20 Å². The lowest BCUT2D eigenvalue weighted by atomic mass is 9.96. The van der Waals surface area contributed by atoms with Crippen molar-refractivity contribution >= 4 is 22.0 Å². The lowest BCUT2D eigenvalue weighted by Crippen LogP contribution is -2.40. The van der Waals surface area contributed by atoms with Crippen LogP contribution in [0.15, 0.2) is 22.9 Å². The smallest absolute Gasteiger partial charge is 0.405 e. The molecule has 1 aromatic rings. The maximum atomic E-state index is 10.5. The number of rotatable bonds is 2. The normalized spacial score (nSPS) is 11.1. The van der Waals surface area contributed by atoms with E-state index in [0.717, 1.165) is 10.2 Å². The molecule has 0 aromatic carbocycles. The summed E-state index contributed by atoms with van der Waals surface area (Å²) in [5, 5.41) is 11.0. The summed E-state index contributed by atoms with van der Waals surface area (Å²) < 4.78 is 0.729. The molecule has 1 heterocycles. The highest BCUT2D eigenvalue weighted by atomic mass is 79.9. The number of halogens is 1. The van der Waals surface area contributed by atoms with Crippen LogP contribution in [0.4, 0.5) is 4.79 Å². The first-order valence-electron chi connectivity index (χ1n) is 4.05. The fourth-order valence-electron chi connectivity index (χ4n) is 1.09. The van der Waals surface area contributed by atoms with E-state index in [1.165, 1.54) is 0 Å². The zero-order valence-electron chi connectivity index (χ0n) is 7.91. The Morgan fingerprint density at radius 2 is 2.21 bits per heavy atom. The minimum atomic E-state index is -1.04. The highest BCUT2D eigenvalue weighted by Gasteiger charge is 2.22. The molecular weight excluding hydrogens is 248 g/mol. The number of amides is 1. The summed E-state index contributed by atoms with van der Waals surface area (Å²) in [5.74, 6) is 0. The third kappa shape index (κ3) is 2.70. The van der Waals surface area contributed by atoms with Crippen LogP contribution >= 0.6 is 15.9 Å². The standard InChI is InChI=1S/C9H11BrN2O2/c1-9(2,12-8(13)14)6-3-4-7(10)11-5-6/h3-5,12H,1-2H3,(H,13,14). The van der Waals surface area contributed by atoms with Crippen LogP contribution in [-0.2, 0) is 5.54 Å². The topological polar surface area (TPSA) is 62.2 Å². The van der Waals surface area contributed by atoms with Crippen LogP contribution in [0.25, 0.3) is 0 Å². The van der Waals surface area contributed by atoms with Gasteiger partial charge in [-0.2, -0.15) is 0 Å². The van der Waals surface area contributed by atoms with Crippen molar-refractivity contribution in [3.63, 3.8) is 0 Å². The van der Waals surface area contributed by atoms with Crippen molar-refractivity contribution in [1.29, 1.82) is 0 Å². The van der Waals surface area contributed by atoms with E-state index < -0.39 is 11.6 Å². The molecule has 0 aliphatic rings. The van der Waals surface area contributed by atoms with Gasteiger partial charge in [0.05, 0.1) is 5.54 Å². The van der Waals surface area contributed by atoms with Crippen molar-refractivity contribution in [2.45, 2.75) is 19.4 Å². The zero-order valence-corrected chi connectivity index (χ0v) is 9.50. The van der Waals surface area contributed by atoms with Gasteiger partial charge in [-0.05, 0) is 41.4 Å². The van der Waals surface area contributed by atoms with Gasteiger partial charge in [0.1, 0.15) is 4.60 Å². The van der Waals surface area contributed by atoms with Gasteiger partial charge in [-0.1, -0.05) is 6.07 Å². The van der Waals surface area contributed by atoms with E-state index in [-0.39, 0.29) is 0 Å². The van der Waals surface area contributed by atoms with Crippen molar-refractivity contribution in [2.75, 3.05) is 0 Å². The number of carboxylic acid groups (broad SMARTS) is 1. The van der Waals surface area contributed by atoms with Crippen LogP contribution in [0, 0.1) is 0 Å². The average Bonchev–Trinajstić information content (AvgIpc) is 2.02. The number of hydrogen-bond acceptors (Lipinski definition) is 2. The molecule has 0 spiro atoms. The lowest BCUT2D eigenvalue weighted by molar-refractivity contribution is 0.182. The minimum Gasteiger partial charge on any atom is -0.465 e. The molecule has 0 fully saturated rings. The first-order chi connectivity index (χ1) is 6.42. The molecule has 0 saturated heterocycles. The molecular formula is C9H11BrN2O2. The largest absolute Gasteiger partial charge is 0.465 e. The van der Waals surface area contributed by atoms with E-state index in [1.54, 1.807) is 26.1 Å². The molecule has 0 radical (unpaired) electrons. The Morgan fingerprint density at radius 1 is 1.57 bits per heavy atom. The molecule has 76 valence electrons. The summed E-state index contributed by atoms with van der Waals surface area (Å²) in [5.41, 5.74) is 0.197. The van der Waals surface area contributed by atoms with E-state index in [9.17, 15) is 4.79 Å². The fourth-order valence-corrected chi connectivity index (χ4v) is 1.32. The van der Waals surface area contributed by atoms with Crippen LogP contribution in [0.5, 0.6) is 0 Å². The number of pyridine rings is 1. The van der Waals surface area contributed by atoms with E-state index >= 15 is 0 Å². The van der Waals surface area contributed by atoms with E-state index in [4.69, 9.17) is 5.11 Å². The molecule has 0 unspecified atom stereocenters. The van der Waals surface area contributed by atoms with Gasteiger partial charge in [0.25, 0.3) is 0 Å². The monoisotopic (exact) mass is 258 g/mol. The average molecular weight is 259 g/mol. The minimum absolute atomic E-state index is 0.625. The molecule has 5 heteroatoms. The third-order valence-electron chi connectivity index (χ3n) is 1.87. The second-order valence-electron chi connectivity index (χ2n) is 3.42. The number of aromatic nitrogens is 1. The van der Waals surface area contributed by atoms with Crippen molar-refractivity contribution in [2.24, 2.45) is 0 Å². The summed E-state index contributed by atoms with van der Waals surface area (Å²) in [6.45, 7) is 3.57. The van der Waals surface area contributed by atoms with Crippen LogP contribution in [-0.4, -0.2) is 16.2 Å². The molecule has 1 rings (SSSR count). The summed E-state index contributed by atoms with van der Waals surface area (Å²) in [6, 6.07) is 3.60. The Morgan fingerprint density at radius 3 is 2.64 bits per heavy atom. The van der Waals surface area contributed by atoms with E-state index in [1.807, 2.05) is 6.07 Å². The highest BCUT2D eigenvalue weighted by Crippen LogP contribution is 2.20. The number of nitrogens with one attached hydrogen (secondary N) is 1. The van der Waals surface area contributed by atoms with Crippen LogP contribution in [0.2, 0.25) is 0 Å². The Balaban J connectivity index is 2.91. The Kier molecular flexibility index (Phi) is 3.10. The molecule has 0 aliphatic heterocycles. The van der Waals surface area contributed by atoms with Gasteiger partial charge >= 0.3 is 6.09 Å². The fraction of sp³-hybridized carbons (Fsp3) is 0.333. The van der Waals surface area contributed by atoms with Crippen LogP contribution < -0.4 is 5.32 Å². The predicted octanol–water partition coefficient (Wildman–Crippen LogP) is 2.35. The Labute approximate surface area is 90.5 Å². The Bertz CT molecular complexity index is 335. The van der Waals surface area contributed by atoms with Crippen molar-refractivity contribution in [1.82, 2.24) is 10.3 Å². The van der Waals surface area contributed by atoms with Crippen molar-refractivity contribution < 1.29 is 9.90 Å². The molecule has 4 nitrogen and oxygen atoms in total. The van der Waals surface area contributed by atoms with Crippen molar-refractivity contribution in [3.05, 3.63) is 28.5 Å². The molecule has 0 bridgehead atoms. The van der Waals surface area contributed by atoms with Gasteiger partial charge < -0.3 is 10.4 Å². The number of carbonyl (C=O) groups is 1. The number of nitrogens with zero attached hydrogens (tertiary/aromatic N) is 1. The van der Waals surface area contributed by atoms with Gasteiger partial charge in [-0.3, -0.25) is 0 Å². The number of hydrogen-bond donors (Lipinski definition) is 2. The van der Waals surface area contributed by atoms with Crippen LogP contribution in [0.1, 0.15) is 19.4 Å². The third-order valence-corrected chi connectivity index (χ3v) is 2.34. The Hall–Kier alpha value is -1.10. The summed E-state index contributed by atoms with van der Waals surface area (Å²) in [7, 11) is 0. The van der Waals surface area contributed by atoms with Crippen LogP contribution in [0.3, 0.4) is 0 Å². The first kappa shape index (κ1) is 11.0. The zero-order chi connectivity index (χ0) is 10.8. The molecule has 1 aromatic heterocycles. The van der Waals surface area contributed by atoms with Gasteiger partial charge in [-0.15, -0.1) is 0 Å². The summed E-state index contributed by atoms with van der Waals surface area (Å²) >= 11 is 3.22. The predicted molar refractivity (Wildman–Crippen MR) is 56.1 cm³/mol. The van der Waals surface area contributed by atoms with Crippen molar-refractivity contribution in [3.8, 4) is 0 Å². The second kappa shape index (κ2) is 3.96. The maximum Gasteiger partial charge on any atom is 0.405 e. The molecule has 0 aliphatic carbocycles. The van der Waals surface area contributed by atoms with E-state index in [0.29, 0.717) is 0 Å². The molecule has 0 atom stereocenters. The molecule has 2 N–H and O–H groups in total. The molecule has 0 saturated carbocycles. The van der Waals surface area contributed by atoms with Gasteiger partial charge in [0.15, 0.2) is 0 Å². The van der Waals surface area contributed by atoms with E-state index in [2.05, 4.69) is 26.2 Å². The molecule has 14 heavy (non-hydrogen) atoms. The highest BCUT2D eigenvalue weighted by molar-refractivity contribution is 9.10. The SMILES string of the molecule is CC(C)(NC(=O)O)c1ccc(Br)nc1. The van der Waals surface area contributed by atoms with Gasteiger partial charge in [-0.25, -0.2) is 9.78 Å². The summed E-state index contributed by atoms with van der Waals surface area (Å²) in [4.78, 5) is 14.6. The van der Waals surface area contributed by atoms with Gasteiger partial charge in [0.2, 0.25) is 0 Å². The maximum absolute atomic E-state index is 10.5.